The van der Waals surface area contributed by atoms with Crippen molar-refractivity contribution in [2.75, 3.05) is 20.2 Å². The lowest BCUT2D eigenvalue weighted by Crippen LogP contribution is -2.45. The summed E-state index contributed by atoms with van der Waals surface area (Å²) in [6.07, 6.45) is 8.09. The second-order valence-corrected chi connectivity index (χ2v) is 5.54. The maximum absolute atomic E-state index is 12.2. The number of nitrogens with zero attached hydrogens (tertiary/aromatic N) is 1. The van der Waals surface area contributed by atoms with Crippen LogP contribution >= 0.6 is 0 Å². The fourth-order valence-corrected chi connectivity index (χ4v) is 3.43. The van der Waals surface area contributed by atoms with E-state index in [0.29, 0.717) is 12.0 Å². The number of nitrogens with one attached hydrogen (secondary N) is 1. The smallest absolute Gasteiger partial charge is 0.407 e. The van der Waals surface area contributed by atoms with Gasteiger partial charge in [0.25, 0.3) is 0 Å². The average molecular weight is 268 g/mol. The number of ether oxygens (including phenoxy) is 1. The maximum atomic E-state index is 12.2. The Bertz CT molecular complexity index is 327. The second kappa shape index (κ2) is 6.78. The van der Waals surface area contributed by atoms with Gasteiger partial charge in [-0.25, -0.2) is 4.79 Å². The van der Waals surface area contributed by atoms with Gasteiger partial charge in [0.1, 0.15) is 6.54 Å². The van der Waals surface area contributed by atoms with Gasteiger partial charge in [-0.1, -0.05) is 19.3 Å². The Morgan fingerprint density at radius 3 is 2.58 bits per heavy atom. The van der Waals surface area contributed by atoms with Gasteiger partial charge < -0.3 is 15.0 Å². The molecule has 1 unspecified atom stereocenters. The number of carbonyl (C=O) groups excluding carboxylic acids is 2. The van der Waals surface area contributed by atoms with Gasteiger partial charge >= 0.3 is 6.09 Å². The van der Waals surface area contributed by atoms with Gasteiger partial charge in [-0.15, -0.1) is 0 Å². The van der Waals surface area contributed by atoms with Gasteiger partial charge in [0.2, 0.25) is 5.91 Å². The Morgan fingerprint density at radius 2 is 1.89 bits per heavy atom. The molecule has 0 bridgehead atoms. The zero-order valence-electron chi connectivity index (χ0n) is 11.7. The molecule has 1 atom stereocenters. The van der Waals surface area contributed by atoms with Gasteiger partial charge in [0.15, 0.2) is 0 Å². The van der Waals surface area contributed by atoms with Crippen LogP contribution in [0.2, 0.25) is 0 Å². The molecule has 1 aliphatic carbocycles. The Morgan fingerprint density at radius 1 is 1.16 bits per heavy atom. The van der Waals surface area contributed by atoms with Crippen LogP contribution in [-0.4, -0.2) is 43.1 Å². The van der Waals surface area contributed by atoms with Crippen LogP contribution in [0.3, 0.4) is 0 Å². The fourth-order valence-electron chi connectivity index (χ4n) is 3.43. The first-order valence-electron chi connectivity index (χ1n) is 7.33. The number of methoxy groups -OCH3 is 1. The first kappa shape index (κ1) is 14.2. The minimum absolute atomic E-state index is 0.0264. The SMILES string of the molecule is COC(=O)NCC(=O)N1CCCC1C1CCCCC1. The molecule has 0 aromatic rings. The highest BCUT2D eigenvalue weighted by atomic mass is 16.5. The van der Waals surface area contributed by atoms with Crippen molar-refractivity contribution < 1.29 is 14.3 Å². The molecule has 0 aromatic carbocycles. The highest BCUT2D eigenvalue weighted by Crippen LogP contribution is 2.34. The third kappa shape index (κ3) is 3.61. The summed E-state index contributed by atoms with van der Waals surface area (Å²) in [6, 6.07) is 0.396. The quantitative estimate of drug-likeness (QED) is 0.850. The average Bonchev–Trinajstić information content (AvgIpc) is 2.94. The predicted octanol–water partition coefficient (Wildman–Crippen LogP) is 1.91. The molecule has 1 saturated carbocycles. The van der Waals surface area contributed by atoms with Crippen LogP contribution in [-0.2, 0) is 9.53 Å². The summed E-state index contributed by atoms with van der Waals surface area (Å²) in [6.45, 7) is 0.888. The minimum Gasteiger partial charge on any atom is -0.453 e. The van der Waals surface area contributed by atoms with Crippen LogP contribution in [0.4, 0.5) is 4.79 Å². The molecule has 2 aliphatic rings. The summed E-state index contributed by atoms with van der Waals surface area (Å²) >= 11 is 0. The van der Waals surface area contributed by atoms with E-state index in [-0.39, 0.29) is 12.5 Å². The normalized spacial score (nSPS) is 24.3. The summed E-state index contributed by atoms with van der Waals surface area (Å²) in [4.78, 5) is 25.2. The summed E-state index contributed by atoms with van der Waals surface area (Å²) in [5.74, 6) is 0.691. The molecule has 1 aliphatic heterocycles. The molecule has 5 heteroatoms. The Balaban J connectivity index is 1.86. The first-order chi connectivity index (χ1) is 9.22. The van der Waals surface area contributed by atoms with Crippen molar-refractivity contribution in [1.29, 1.82) is 0 Å². The molecule has 2 amide bonds. The minimum atomic E-state index is -0.540. The van der Waals surface area contributed by atoms with Crippen LogP contribution in [0.25, 0.3) is 0 Å². The van der Waals surface area contributed by atoms with E-state index in [4.69, 9.17) is 0 Å². The molecule has 0 radical (unpaired) electrons. The van der Waals surface area contributed by atoms with Crippen molar-refractivity contribution in [1.82, 2.24) is 10.2 Å². The van der Waals surface area contributed by atoms with E-state index < -0.39 is 6.09 Å². The highest BCUT2D eigenvalue weighted by Gasteiger charge is 2.34. The van der Waals surface area contributed by atoms with Crippen LogP contribution in [0.15, 0.2) is 0 Å². The van der Waals surface area contributed by atoms with E-state index in [9.17, 15) is 9.59 Å². The lowest BCUT2D eigenvalue weighted by molar-refractivity contribution is -0.132. The highest BCUT2D eigenvalue weighted by molar-refractivity contribution is 5.82. The molecule has 2 fully saturated rings. The van der Waals surface area contributed by atoms with Gasteiger partial charge in [-0.05, 0) is 31.6 Å². The number of hydrogen-bond donors (Lipinski definition) is 1. The van der Waals surface area contributed by atoms with Crippen molar-refractivity contribution in [3.63, 3.8) is 0 Å². The summed E-state index contributed by atoms with van der Waals surface area (Å²) in [5, 5.41) is 2.48. The third-order valence-electron chi connectivity index (χ3n) is 4.38. The number of carbonyl (C=O) groups is 2. The monoisotopic (exact) mass is 268 g/mol. The second-order valence-electron chi connectivity index (χ2n) is 5.54. The van der Waals surface area contributed by atoms with Gasteiger partial charge in [0.05, 0.1) is 7.11 Å². The summed E-state index contributed by atoms with van der Waals surface area (Å²) in [5.41, 5.74) is 0. The lowest BCUT2D eigenvalue weighted by atomic mass is 9.83. The third-order valence-corrected chi connectivity index (χ3v) is 4.38. The van der Waals surface area contributed by atoms with E-state index in [2.05, 4.69) is 10.1 Å². The predicted molar refractivity (Wildman–Crippen MR) is 71.7 cm³/mol. The molecule has 2 rings (SSSR count). The van der Waals surface area contributed by atoms with Gasteiger partial charge in [0, 0.05) is 12.6 Å². The Labute approximate surface area is 114 Å². The fraction of sp³-hybridized carbons (Fsp3) is 0.857. The zero-order valence-corrected chi connectivity index (χ0v) is 11.7. The van der Waals surface area contributed by atoms with Crippen molar-refractivity contribution in [2.45, 2.75) is 51.0 Å². The molecule has 1 N–H and O–H groups in total. The van der Waals surface area contributed by atoms with Crippen LogP contribution in [0, 0.1) is 5.92 Å². The molecule has 1 heterocycles. The van der Waals surface area contributed by atoms with Crippen molar-refractivity contribution >= 4 is 12.0 Å². The van der Waals surface area contributed by atoms with Crippen LogP contribution in [0.1, 0.15) is 44.9 Å². The molecular weight excluding hydrogens is 244 g/mol. The number of alkyl carbamates (subject to hydrolysis) is 1. The molecule has 5 nitrogen and oxygen atoms in total. The van der Waals surface area contributed by atoms with E-state index in [0.717, 1.165) is 19.4 Å². The van der Waals surface area contributed by atoms with Crippen LogP contribution in [0.5, 0.6) is 0 Å². The lowest BCUT2D eigenvalue weighted by Gasteiger charge is -2.34. The summed E-state index contributed by atoms with van der Waals surface area (Å²) in [7, 11) is 1.31. The standard InChI is InChI=1S/C14H24N2O3/c1-19-14(18)15-10-13(17)16-9-5-8-12(16)11-6-3-2-4-7-11/h11-12H,2-10H2,1H3,(H,15,18). The number of hydrogen-bond acceptors (Lipinski definition) is 3. The largest absolute Gasteiger partial charge is 0.453 e. The van der Waals surface area contributed by atoms with E-state index in [1.54, 1.807) is 0 Å². The van der Waals surface area contributed by atoms with Gasteiger partial charge in [-0.2, -0.15) is 0 Å². The first-order valence-corrected chi connectivity index (χ1v) is 7.33. The number of amides is 2. The maximum Gasteiger partial charge on any atom is 0.407 e. The summed E-state index contributed by atoms with van der Waals surface area (Å²) < 4.78 is 4.49. The molecule has 0 spiro atoms. The number of rotatable bonds is 3. The topological polar surface area (TPSA) is 58.6 Å². The molecule has 0 aromatic heterocycles. The van der Waals surface area contributed by atoms with Crippen LogP contribution < -0.4 is 5.32 Å². The molecule has 108 valence electrons. The Kier molecular flexibility index (Phi) is 5.05. The van der Waals surface area contributed by atoms with Crippen molar-refractivity contribution in [2.24, 2.45) is 5.92 Å². The molecular formula is C14H24N2O3. The zero-order chi connectivity index (χ0) is 13.7. The molecule has 1 saturated heterocycles. The van der Waals surface area contributed by atoms with Gasteiger partial charge in [-0.3, -0.25) is 4.79 Å². The van der Waals surface area contributed by atoms with E-state index in [1.165, 1.54) is 39.2 Å². The van der Waals surface area contributed by atoms with Crippen molar-refractivity contribution in [3.05, 3.63) is 0 Å². The van der Waals surface area contributed by atoms with E-state index >= 15 is 0 Å². The number of likely N-dealkylation sites (tertiary alicyclic amines) is 1. The van der Waals surface area contributed by atoms with E-state index in [1.807, 2.05) is 4.90 Å². The molecule has 19 heavy (non-hydrogen) atoms. The Hall–Kier alpha value is -1.26. The van der Waals surface area contributed by atoms with Crippen molar-refractivity contribution in [3.8, 4) is 0 Å².